The van der Waals surface area contributed by atoms with Gasteiger partial charge in [0, 0.05) is 30.9 Å². The number of nitrogens with one attached hydrogen (secondary N) is 2. The summed E-state index contributed by atoms with van der Waals surface area (Å²) in [5.41, 5.74) is 8.15. The van der Waals surface area contributed by atoms with Gasteiger partial charge in [0.2, 0.25) is 5.95 Å². The van der Waals surface area contributed by atoms with E-state index in [0.717, 1.165) is 16.7 Å². The zero-order chi connectivity index (χ0) is 19.5. The molecule has 0 spiro atoms. The molecule has 5 N–H and O–H groups in total. The molecular weight excluding hydrogens is 346 g/mol. The molecule has 0 aliphatic heterocycles. The fraction of sp³-hybridized carbons (Fsp3) is 0.368. The first-order chi connectivity index (χ1) is 13.1. The number of aliphatic hydroxyl groups is 1. The van der Waals surface area contributed by atoms with Gasteiger partial charge in [-0.1, -0.05) is 24.3 Å². The third-order valence-electron chi connectivity index (χ3n) is 3.76. The van der Waals surface area contributed by atoms with Gasteiger partial charge in [-0.25, -0.2) is 9.97 Å². The maximum absolute atomic E-state index is 11.7. The van der Waals surface area contributed by atoms with Crippen molar-refractivity contribution in [3.05, 3.63) is 42.2 Å². The van der Waals surface area contributed by atoms with Crippen LogP contribution in [0.4, 0.5) is 5.95 Å². The van der Waals surface area contributed by atoms with Gasteiger partial charge in [-0.2, -0.15) is 0 Å². The summed E-state index contributed by atoms with van der Waals surface area (Å²) in [5, 5.41) is 18.8. The average molecular weight is 371 g/mol. The number of carbonyl (C=O) groups is 1. The summed E-state index contributed by atoms with van der Waals surface area (Å²) in [6.07, 6.45) is 4.45. The van der Waals surface area contributed by atoms with Crippen molar-refractivity contribution in [2.75, 3.05) is 31.7 Å². The predicted molar refractivity (Wildman–Crippen MR) is 104 cm³/mol. The highest BCUT2D eigenvalue weighted by molar-refractivity contribution is 5.98. The molecule has 2 aromatic rings. The molecule has 0 aliphatic carbocycles. The Labute approximate surface area is 158 Å². The Bertz CT molecular complexity index is 749. The lowest BCUT2D eigenvalue weighted by Crippen LogP contribution is -2.15. The second kappa shape index (κ2) is 11.0. The third-order valence-corrected chi connectivity index (χ3v) is 3.76. The second-order valence-electron chi connectivity index (χ2n) is 6.00. The van der Waals surface area contributed by atoms with Crippen LogP contribution in [0.5, 0.6) is 0 Å². The van der Waals surface area contributed by atoms with Crippen LogP contribution in [0.2, 0.25) is 0 Å². The Morgan fingerprint density at radius 2 is 2.00 bits per heavy atom. The van der Waals surface area contributed by atoms with Crippen molar-refractivity contribution in [2.45, 2.75) is 19.3 Å². The first-order valence-corrected chi connectivity index (χ1v) is 8.77. The van der Waals surface area contributed by atoms with Gasteiger partial charge in [0.15, 0.2) is 0 Å². The van der Waals surface area contributed by atoms with E-state index in [2.05, 4.69) is 15.3 Å². The van der Waals surface area contributed by atoms with E-state index in [-0.39, 0.29) is 24.6 Å². The molecule has 27 heavy (non-hydrogen) atoms. The summed E-state index contributed by atoms with van der Waals surface area (Å²) in [5.74, 6) is 0.381. The number of hydrogen-bond acceptors (Lipinski definition) is 7. The van der Waals surface area contributed by atoms with Crippen molar-refractivity contribution in [3.8, 4) is 11.1 Å². The zero-order valence-corrected chi connectivity index (χ0v) is 15.1. The molecule has 1 aromatic heterocycles. The first-order valence-electron chi connectivity index (χ1n) is 8.77. The van der Waals surface area contributed by atoms with Gasteiger partial charge in [0.1, 0.15) is 5.78 Å². The number of aryl methyl sites for hydroxylation is 1. The van der Waals surface area contributed by atoms with Crippen LogP contribution < -0.4 is 11.1 Å². The highest BCUT2D eigenvalue weighted by Gasteiger charge is 2.06. The molecule has 0 saturated heterocycles. The van der Waals surface area contributed by atoms with Gasteiger partial charge in [-0.15, -0.1) is 0 Å². The number of carbonyl (C=O) groups excluding carboxylic acids is 1. The number of nitrogens with zero attached hydrogens (tertiary/aromatic N) is 2. The Hall–Kier alpha value is -2.84. The molecule has 0 aliphatic rings. The van der Waals surface area contributed by atoms with Crippen molar-refractivity contribution < 1.29 is 14.6 Å². The van der Waals surface area contributed by atoms with Gasteiger partial charge < -0.3 is 20.9 Å². The van der Waals surface area contributed by atoms with Crippen LogP contribution >= 0.6 is 0 Å². The van der Waals surface area contributed by atoms with E-state index in [9.17, 15) is 4.79 Å². The summed E-state index contributed by atoms with van der Waals surface area (Å²) in [7, 11) is 0. The summed E-state index contributed by atoms with van der Waals surface area (Å²) >= 11 is 0. The van der Waals surface area contributed by atoms with Crippen LogP contribution in [-0.4, -0.2) is 53.1 Å². The van der Waals surface area contributed by atoms with Crippen LogP contribution in [-0.2, 0) is 16.0 Å². The van der Waals surface area contributed by atoms with E-state index in [1.54, 1.807) is 12.4 Å². The van der Waals surface area contributed by atoms with Gasteiger partial charge in [0.05, 0.1) is 32.1 Å². The summed E-state index contributed by atoms with van der Waals surface area (Å²) in [6.45, 7) is 1.35. The minimum absolute atomic E-state index is 0.00698. The van der Waals surface area contributed by atoms with Crippen molar-refractivity contribution in [2.24, 2.45) is 5.73 Å². The number of ether oxygens (including phenoxy) is 1. The zero-order valence-electron chi connectivity index (χ0n) is 15.1. The van der Waals surface area contributed by atoms with E-state index in [4.69, 9.17) is 21.0 Å². The van der Waals surface area contributed by atoms with Crippen LogP contribution in [0.25, 0.3) is 11.1 Å². The molecule has 0 unspecified atom stereocenters. The lowest BCUT2D eigenvalue weighted by molar-refractivity contribution is -0.117. The molecule has 0 atom stereocenters. The Balaban J connectivity index is 1.90. The fourth-order valence-electron chi connectivity index (χ4n) is 2.46. The van der Waals surface area contributed by atoms with E-state index in [1.165, 1.54) is 0 Å². The number of rotatable bonds is 12. The van der Waals surface area contributed by atoms with E-state index < -0.39 is 0 Å². The van der Waals surface area contributed by atoms with Gasteiger partial charge in [-0.05, 0) is 17.5 Å². The van der Waals surface area contributed by atoms with Crippen molar-refractivity contribution >= 4 is 17.6 Å². The number of Topliss-reactive ketones (excluding diaryl/α,β-unsaturated/α-hetero) is 1. The third kappa shape index (κ3) is 7.51. The molecule has 2 rings (SSSR count). The number of anilines is 1. The topological polar surface area (TPSA) is 134 Å². The van der Waals surface area contributed by atoms with Crippen LogP contribution in [0.15, 0.2) is 36.7 Å². The normalized spacial score (nSPS) is 10.6. The van der Waals surface area contributed by atoms with Gasteiger partial charge in [0.25, 0.3) is 0 Å². The van der Waals surface area contributed by atoms with Crippen LogP contribution in [0.3, 0.4) is 0 Å². The molecular formula is C19H25N5O3. The fourth-order valence-corrected chi connectivity index (χ4v) is 2.46. The number of amidine groups is 1. The quantitative estimate of drug-likeness (QED) is 0.252. The molecule has 1 aromatic carbocycles. The maximum Gasteiger partial charge on any atom is 0.222 e. The minimum atomic E-state index is -0.0976. The summed E-state index contributed by atoms with van der Waals surface area (Å²) in [6, 6.07) is 7.88. The Morgan fingerprint density at radius 3 is 2.70 bits per heavy atom. The van der Waals surface area contributed by atoms with Gasteiger partial charge in [-0.3, -0.25) is 10.2 Å². The van der Waals surface area contributed by atoms with Crippen molar-refractivity contribution in [1.82, 2.24) is 9.97 Å². The highest BCUT2D eigenvalue weighted by Crippen LogP contribution is 2.20. The molecule has 0 bridgehead atoms. The number of aromatic nitrogens is 2. The number of ketones is 1. The maximum atomic E-state index is 11.7. The van der Waals surface area contributed by atoms with E-state index >= 15 is 0 Å². The lowest BCUT2D eigenvalue weighted by atomic mass is 10.0. The summed E-state index contributed by atoms with van der Waals surface area (Å²) in [4.78, 5) is 20.3. The highest BCUT2D eigenvalue weighted by atomic mass is 16.5. The van der Waals surface area contributed by atoms with Crippen molar-refractivity contribution in [1.29, 1.82) is 5.41 Å². The molecule has 1 heterocycles. The molecule has 0 saturated carbocycles. The largest absolute Gasteiger partial charge is 0.394 e. The van der Waals surface area contributed by atoms with Gasteiger partial charge >= 0.3 is 0 Å². The number of benzene rings is 1. The standard InChI is InChI=1S/C19H25N5O3/c20-18(21)11-17(26)5-4-14-2-1-3-15(10-14)16-12-23-19(24-13-16)22-6-8-27-9-7-25/h1-3,10,12-13,25H,4-9,11H2,(H3,20,21)(H,22,23,24). The second-order valence-corrected chi connectivity index (χ2v) is 6.00. The van der Waals surface area contributed by atoms with Crippen molar-refractivity contribution in [3.63, 3.8) is 0 Å². The predicted octanol–water partition coefficient (Wildman–Crippen LogP) is 1.39. The van der Waals surface area contributed by atoms with Crippen LogP contribution in [0.1, 0.15) is 18.4 Å². The number of hydrogen-bond donors (Lipinski definition) is 4. The number of nitrogens with two attached hydrogens (primary N) is 1. The number of aliphatic hydroxyl groups excluding tert-OH is 1. The molecule has 144 valence electrons. The van der Waals surface area contributed by atoms with E-state index in [0.29, 0.717) is 38.5 Å². The molecule has 8 nitrogen and oxygen atoms in total. The molecule has 8 heteroatoms. The lowest BCUT2D eigenvalue weighted by Gasteiger charge is -2.07. The minimum Gasteiger partial charge on any atom is -0.394 e. The molecule has 0 fully saturated rings. The average Bonchev–Trinajstić information content (AvgIpc) is 2.66. The monoisotopic (exact) mass is 371 g/mol. The summed E-state index contributed by atoms with van der Waals surface area (Å²) < 4.78 is 5.16. The Kier molecular flexibility index (Phi) is 8.34. The smallest absolute Gasteiger partial charge is 0.222 e. The molecule has 0 radical (unpaired) electrons. The van der Waals surface area contributed by atoms with E-state index in [1.807, 2.05) is 24.3 Å². The molecule has 0 amide bonds. The SMILES string of the molecule is N=C(N)CC(=O)CCc1cccc(-c2cnc(NCCOCCO)nc2)c1. The van der Waals surface area contributed by atoms with Crippen LogP contribution in [0, 0.1) is 5.41 Å². The first kappa shape index (κ1) is 20.5. The Morgan fingerprint density at radius 1 is 1.22 bits per heavy atom.